The van der Waals surface area contributed by atoms with Gasteiger partial charge in [-0.25, -0.2) is 0 Å². The molecule has 0 atom stereocenters. The molecule has 0 saturated carbocycles. The number of nitrogens with zero attached hydrogens (tertiary/aromatic N) is 1. The second kappa shape index (κ2) is 5.14. The third-order valence-electron chi connectivity index (χ3n) is 3.95. The van der Waals surface area contributed by atoms with Crippen LogP contribution in [0.15, 0.2) is 48.7 Å². The number of rotatable bonds is 3. The van der Waals surface area contributed by atoms with E-state index in [1.807, 2.05) is 6.07 Å². The Kier molecular flexibility index (Phi) is 3.33. The van der Waals surface area contributed by atoms with Gasteiger partial charge in [-0.3, -0.25) is 0 Å². The summed E-state index contributed by atoms with van der Waals surface area (Å²) in [5.74, 6) is 0. The topological polar surface area (TPSA) is 25.2 Å². The molecule has 0 saturated heterocycles. The zero-order valence-electron chi connectivity index (χ0n) is 11.9. The fraction of sp³-hybridized carbons (Fsp3) is 0.222. The number of benzene rings is 2. The SMILES string of the molecule is Cc1ccc(Cn2ccc3ccc(CO)cc32)cc1C. The van der Waals surface area contributed by atoms with Crippen LogP contribution in [0.2, 0.25) is 0 Å². The summed E-state index contributed by atoms with van der Waals surface area (Å²) in [5.41, 5.74) is 6.09. The highest BCUT2D eigenvalue weighted by atomic mass is 16.3. The maximum absolute atomic E-state index is 9.27. The molecule has 2 nitrogen and oxygen atoms in total. The van der Waals surface area contributed by atoms with Crippen LogP contribution in [-0.2, 0) is 13.2 Å². The zero-order chi connectivity index (χ0) is 14.1. The Morgan fingerprint density at radius 3 is 2.45 bits per heavy atom. The zero-order valence-corrected chi connectivity index (χ0v) is 11.9. The van der Waals surface area contributed by atoms with E-state index in [0.717, 1.165) is 12.1 Å². The maximum Gasteiger partial charge on any atom is 0.0682 e. The van der Waals surface area contributed by atoms with E-state index in [9.17, 15) is 5.11 Å². The number of hydrogen-bond donors (Lipinski definition) is 1. The van der Waals surface area contributed by atoms with Gasteiger partial charge in [-0.15, -0.1) is 0 Å². The molecule has 0 aliphatic rings. The second-order valence-corrected chi connectivity index (χ2v) is 5.41. The van der Waals surface area contributed by atoms with Crippen molar-refractivity contribution in [2.24, 2.45) is 0 Å². The minimum absolute atomic E-state index is 0.0881. The number of hydrogen-bond acceptors (Lipinski definition) is 1. The normalized spacial score (nSPS) is 11.2. The van der Waals surface area contributed by atoms with Crippen LogP contribution in [0.4, 0.5) is 0 Å². The molecule has 0 unspecified atom stereocenters. The summed E-state index contributed by atoms with van der Waals surface area (Å²) in [6.45, 7) is 5.23. The van der Waals surface area contributed by atoms with E-state index in [1.165, 1.54) is 27.6 Å². The molecule has 0 spiro atoms. The largest absolute Gasteiger partial charge is 0.392 e. The smallest absolute Gasteiger partial charge is 0.0682 e. The van der Waals surface area contributed by atoms with Crippen molar-refractivity contribution < 1.29 is 5.11 Å². The van der Waals surface area contributed by atoms with Crippen LogP contribution < -0.4 is 0 Å². The molecule has 3 rings (SSSR count). The Morgan fingerprint density at radius 2 is 1.70 bits per heavy atom. The number of aromatic nitrogens is 1. The van der Waals surface area contributed by atoms with Crippen LogP contribution in [0, 0.1) is 13.8 Å². The molecule has 2 heteroatoms. The number of aliphatic hydroxyl groups excluding tert-OH is 1. The van der Waals surface area contributed by atoms with E-state index in [2.05, 4.69) is 61.0 Å². The van der Waals surface area contributed by atoms with Gasteiger partial charge in [-0.2, -0.15) is 0 Å². The standard InChI is InChI=1S/C18H19NO/c1-13-3-4-15(9-14(13)2)11-19-8-7-17-6-5-16(12-20)10-18(17)19/h3-10,20H,11-12H2,1-2H3. The highest BCUT2D eigenvalue weighted by Crippen LogP contribution is 2.20. The predicted molar refractivity (Wildman–Crippen MR) is 82.9 cm³/mol. The lowest BCUT2D eigenvalue weighted by Crippen LogP contribution is -1.99. The lowest BCUT2D eigenvalue weighted by molar-refractivity contribution is 0.282. The third-order valence-corrected chi connectivity index (χ3v) is 3.95. The molecule has 0 radical (unpaired) electrons. The molecule has 2 aromatic carbocycles. The average molecular weight is 265 g/mol. The Bertz CT molecular complexity index is 755. The first-order chi connectivity index (χ1) is 9.67. The molecule has 0 fully saturated rings. The van der Waals surface area contributed by atoms with Gasteiger partial charge in [-0.1, -0.05) is 30.3 Å². The van der Waals surface area contributed by atoms with Crippen molar-refractivity contribution in [2.45, 2.75) is 27.0 Å². The summed E-state index contributed by atoms with van der Waals surface area (Å²) in [4.78, 5) is 0. The summed E-state index contributed by atoms with van der Waals surface area (Å²) < 4.78 is 2.23. The quantitative estimate of drug-likeness (QED) is 0.765. The average Bonchev–Trinajstić information content (AvgIpc) is 2.85. The highest BCUT2D eigenvalue weighted by molar-refractivity contribution is 5.80. The lowest BCUT2D eigenvalue weighted by atomic mass is 10.1. The molecule has 1 N–H and O–H groups in total. The molecule has 3 aromatic rings. The van der Waals surface area contributed by atoms with Gasteiger partial charge < -0.3 is 9.67 Å². The Balaban J connectivity index is 1.99. The third kappa shape index (κ3) is 2.35. The molecular formula is C18H19NO. The summed E-state index contributed by atoms with van der Waals surface area (Å²) in [6.07, 6.45) is 2.11. The first-order valence-electron chi connectivity index (χ1n) is 6.92. The van der Waals surface area contributed by atoms with Crippen LogP contribution in [0.25, 0.3) is 10.9 Å². The Hall–Kier alpha value is -2.06. The van der Waals surface area contributed by atoms with Gasteiger partial charge in [-0.05, 0) is 53.6 Å². The number of aliphatic hydroxyl groups is 1. The Labute approximate surface area is 119 Å². The van der Waals surface area contributed by atoms with Crippen LogP contribution in [0.1, 0.15) is 22.3 Å². The van der Waals surface area contributed by atoms with E-state index >= 15 is 0 Å². The van der Waals surface area contributed by atoms with Gasteiger partial charge in [0.1, 0.15) is 0 Å². The van der Waals surface area contributed by atoms with Crippen molar-refractivity contribution in [1.82, 2.24) is 4.57 Å². The molecule has 1 aromatic heterocycles. The van der Waals surface area contributed by atoms with Gasteiger partial charge in [0.2, 0.25) is 0 Å². The number of aryl methyl sites for hydroxylation is 2. The van der Waals surface area contributed by atoms with E-state index in [4.69, 9.17) is 0 Å². The van der Waals surface area contributed by atoms with Gasteiger partial charge in [0, 0.05) is 18.3 Å². The molecule has 0 aliphatic heterocycles. The summed E-state index contributed by atoms with van der Waals surface area (Å²) in [5, 5.41) is 10.5. The van der Waals surface area contributed by atoms with Crippen molar-refractivity contribution in [1.29, 1.82) is 0 Å². The fourth-order valence-electron chi connectivity index (χ4n) is 2.56. The first-order valence-corrected chi connectivity index (χ1v) is 6.92. The lowest BCUT2D eigenvalue weighted by Gasteiger charge is -2.09. The summed E-state index contributed by atoms with van der Waals surface area (Å²) in [6, 6.07) is 14.8. The summed E-state index contributed by atoms with van der Waals surface area (Å²) in [7, 11) is 0. The van der Waals surface area contributed by atoms with Crippen molar-refractivity contribution in [3.05, 3.63) is 70.9 Å². The first kappa shape index (κ1) is 12.9. The number of fused-ring (bicyclic) bond motifs is 1. The molecule has 102 valence electrons. The molecular weight excluding hydrogens is 246 g/mol. The monoisotopic (exact) mass is 265 g/mol. The van der Waals surface area contributed by atoms with Gasteiger partial charge in [0.05, 0.1) is 6.61 Å². The maximum atomic E-state index is 9.27. The van der Waals surface area contributed by atoms with Crippen LogP contribution in [0.5, 0.6) is 0 Å². The molecule has 0 bridgehead atoms. The Morgan fingerprint density at radius 1 is 0.900 bits per heavy atom. The molecule has 20 heavy (non-hydrogen) atoms. The minimum atomic E-state index is 0.0881. The van der Waals surface area contributed by atoms with Gasteiger partial charge in [0.25, 0.3) is 0 Å². The van der Waals surface area contributed by atoms with Gasteiger partial charge >= 0.3 is 0 Å². The van der Waals surface area contributed by atoms with E-state index < -0.39 is 0 Å². The molecule has 0 amide bonds. The van der Waals surface area contributed by atoms with Gasteiger partial charge in [0.15, 0.2) is 0 Å². The van der Waals surface area contributed by atoms with E-state index in [0.29, 0.717) is 0 Å². The van der Waals surface area contributed by atoms with Crippen LogP contribution in [-0.4, -0.2) is 9.67 Å². The van der Waals surface area contributed by atoms with Crippen LogP contribution >= 0.6 is 0 Å². The van der Waals surface area contributed by atoms with Crippen LogP contribution in [0.3, 0.4) is 0 Å². The van der Waals surface area contributed by atoms with Crippen molar-refractivity contribution in [3.63, 3.8) is 0 Å². The van der Waals surface area contributed by atoms with Crippen molar-refractivity contribution in [3.8, 4) is 0 Å². The molecule has 1 heterocycles. The summed E-state index contributed by atoms with van der Waals surface area (Å²) >= 11 is 0. The van der Waals surface area contributed by atoms with E-state index in [-0.39, 0.29) is 6.61 Å². The highest BCUT2D eigenvalue weighted by Gasteiger charge is 2.04. The van der Waals surface area contributed by atoms with E-state index in [1.54, 1.807) is 0 Å². The van der Waals surface area contributed by atoms with Crippen molar-refractivity contribution >= 4 is 10.9 Å². The molecule has 0 aliphatic carbocycles. The minimum Gasteiger partial charge on any atom is -0.392 e. The predicted octanol–water partition coefficient (Wildman–Crippen LogP) is 3.80. The fourth-order valence-corrected chi connectivity index (χ4v) is 2.56. The second-order valence-electron chi connectivity index (χ2n) is 5.41. The van der Waals surface area contributed by atoms with Crippen molar-refractivity contribution in [2.75, 3.05) is 0 Å².